The van der Waals surface area contributed by atoms with Crippen molar-refractivity contribution in [3.63, 3.8) is 0 Å². The molecule has 0 bridgehead atoms. The van der Waals surface area contributed by atoms with Gasteiger partial charge in [-0.2, -0.15) is 5.26 Å². The highest BCUT2D eigenvalue weighted by molar-refractivity contribution is 5.71. The number of aromatic nitrogens is 2. The summed E-state index contributed by atoms with van der Waals surface area (Å²) in [7, 11) is 1.91. The summed E-state index contributed by atoms with van der Waals surface area (Å²) < 4.78 is 14.8. The van der Waals surface area contributed by atoms with Gasteiger partial charge in [0.25, 0.3) is 0 Å². The Hall–Kier alpha value is -3.19. The molecule has 23 heavy (non-hydrogen) atoms. The van der Waals surface area contributed by atoms with Crippen LogP contribution in [0.25, 0.3) is 23.4 Å². The number of rotatable bonds is 3. The first-order chi connectivity index (χ1) is 11.2. The lowest BCUT2D eigenvalue weighted by atomic mass is 10.1. The van der Waals surface area contributed by atoms with Gasteiger partial charge in [0, 0.05) is 30.7 Å². The molecule has 0 saturated carbocycles. The molecule has 0 atom stereocenters. The van der Waals surface area contributed by atoms with Crippen LogP contribution in [-0.2, 0) is 7.05 Å². The molecule has 0 aliphatic rings. The van der Waals surface area contributed by atoms with Crippen LogP contribution in [0.2, 0.25) is 0 Å². The molecule has 112 valence electrons. The van der Waals surface area contributed by atoms with E-state index in [1.807, 2.05) is 42.0 Å². The molecule has 4 heteroatoms. The minimum absolute atomic E-state index is 0.251. The van der Waals surface area contributed by atoms with Gasteiger partial charge in [-0.25, -0.2) is 4.39 Å². The molecule has 3 nitrogen and oxygen atoms in total. The quantitative estimate of drug-likeness (QED) is 0.725. The van der Waals surface area contributed by atoms with Crippen molar-refractivity contribution in [1.82, 2.24) is 9.55 Å². The highest BCUT2D eigenvalue weighted by Crippen LogP contribution is 2.22. The van der Waals surface area contributed by atoms with Crippen molar-refractivity contribution in [1.29, 1.82) is 5.26 Å². The highest BCUT2D eigenvalue weighted by Gasteiger charge is 2.06. The van der Waals surface area contributed by atoms with E-state index in [2.05, 4.69) is 11.1 Å². The van der Waals surface area contributed by atoms with E-state index in [9.17, 15) is 4.39 Å². The predicted octanol–water partition coefficient (Wildman–Crippen LogP) is 4.27. The van der Waals surface area contributed by atoms with Crippen LogP contribution in [0.5, 0.6) is 0 Å². The molecule has 0 fully saturated rings. The Bertz CT molecular complexity index is 899. The van der Waals surface area contributed by atoms with Gasteiger partial charge in [-0.1, -0.05) is 18.2 Å². The smallest absolute Gasteiger partial charge is 0.123 e. The molecule has 0 aliphatic heterocycles. The van der Waals surface area contributed by atoms with E-state index < -0.39 is 0 Å². The Morgan fingerprint density at radius 3 is 2.61 bits per heavy atom. The summed E-state index contributed by atoms with van der Waals surface area (Å²) in [5.74, 6) is -0.251. The largest absolute Gasteiger partial charge is 0.349 e. The van der Waals surface area contributed by atoms with Crippen LogP contribution in [0.4, 0.5) is 4.39 Å². The van der Waals surface area contributed by atoms with Gasteiger partial charge in [-0.15, -0.1) is 0 Å². The molecule has 0 N–H and O–H groups in total. The van der Waals surface area contributed by atoms with Crippen LogP contribution in [0.15, 0.2) is 54.9 Å². The number of pyridine rings is 1. The van der Waals surface area contributed by atoms with Crippen molar-refractivity contribution in [2.24, 2.45) is 7.05 Å². The second-order valence-electron chi connectivity index (χ2n) is 5.19. The number of hydrogen-bond acceptors (Lipinski definition) is 2. The minimum Gasteiger partial charge on any atom is -0.349 e. The molecule has 0 aliphatic carbocycles. The lowest BCUT2D eigenvalue weighted by Gasteiger charge is -2.03. The van der Waals surface area contributed by atoms with Crippen LogP contribution in [0.1, 0.15) is 16.8 Å². The maximum atomic E-state index is 12.9. The van der Waals surface area contributed by atoms with Gasteiger partial charge in [-0.05, 0) is 42.0 Å². The van der Waals surface area contributed by atoms with Gasteiger partial charge >= 0.3 is 0 Å². The molecule has 0 amide bonds. The number of benzene rings is 1. The van der Waals surface area contributed by atoms with E-state index in [1.54, 1.807) is 24.5 Å². The Balaban J connectivity index is 1.89. The maximum absolute atomic E-state index is 12.9. The van der Waals surface area contributed by atoms with E-state index in [0.29, 0.717) is 5.56 Å². The number of aryl methyl sites for hydroxylation is 1. The Labute approximate surface area is 134 Å². The van der Waals surface area contributed by atoms with Crippen molar-refractivity contribution in [2.45, 2.75) is 0 Å². The predicted molar refractivity (Wildman–Crippen MR) is 88.7 cm³/mol. The Kier molecular flexibility index (Phi) is 4.03. The second-order valence-corrected chi connectivity index (χ2v) is 5.19. The van der Waals surface area contributed by atoms with Crippen molar-refractivity contribution < 1.29 is 4.39 Å². The standard InChI is InChI=1S/C19H14FN3/c1-23-13-15(12-21)10-19(23)16-8-9-22-18(11-16)7-4-14-2-5-17(20)6-3-14/h2-11,13H,1H3/b7-4+. The number of nitrogens with zero attached hydrogens (tertiary/aromatic N) is 3. The summed E-state index contributed by atoms with van der Waals surface area (Å²) in [5, 5.41) is 8.99. The third kappa shape index (κ3) is 3.35. The van der Waals surface area contributed by atoms with Gasteiger partial charge in [0.1, 0.15) is 11.9 Å². The first-order valence-electron chi connectivity index (χ1n) is 7.12. The zero-order valence-corrected chi connectivity index (χ0v) is 12.6. The van der Waals surface area contributed by atoms with Gasteiger partial charge in [0.2, 0.25) is 0 Å². The summed E-state index contributed by atoms with van der Waals surface area (Å²) in [4.78, 5) is 4.32. The molecule has 0 radical (unpaired) electrons. The van der Waals surface area contributed by atoms with Gasteiger partial charge in [0.05, 0.1) is 11.3 Å². The molecule has 2 aromatic heterocycles. The molecule has 0 unspecified atom stereocenters. The van der Waals surface area contributed by atoms with Crippen LogP contribution in [-0.4, -0.2) is 9.55 Å². The molecule has 3 rings (SSSR count). The van der Waals surface area contributed by atoms with E-state index >= 15 is 0 Å². The van der Waals surface area contributed by atoms with Crippen molar-refractivity contribution >= 4 is 12.2 Å². The Morgan fingerprint density at radius 2 is 1.91 bits per heavy atom. The summed E-state index contributed by atoms with van der Waals surface area (Å²) >= 11 is 0. The third-order valence-electron chi connectivity index (χ3n) is 3.53. The topological polar surface area (TPSA) is 41.6 Å². The van der Waals surface area contributed by atoms with Crippen LogP contribution in [0, 0.1) is 17.1 Å². The normalized spacial score (nSPS) is 10.8. The number of nitriles is 1. The molecule has 0 saturated heterocycles. The monoisotopic (exact) mass is 303 g/mol. The summed E-state index contributed by atoms with van der Waals surface area (Å²) in [6, 6.07) is 14.1. The van der Waals surface area contributed by atoms with Crippen molar-refractivity contribution in [2.75, 3.05) is 0 Å². The first kappa shape index (κ1) is 14.7. The second kappa shape index (κ2) is 6.29. The van der Waals surface area contributed by atoms with Crippen molar-refractivity contribution in [3.05, 3.63) is 77.5 Å². The van der Waals surface area contributed by atoms with Crippen LogP contribution in [0.3, 0.4) is 0 Å². The first-order valence-corrected chi connectivity index (χ1v) is 7.12. The summed E-state index contributed by atoms with van der Waals surface area (Å²) in [6.45, 7) is 0. The average Bonchev–Trinajstić information content (AvgIpc) is 2.96. The lowest BCUT2D eigenvalue weighted by molar-refractivity contribution is 0.628. The Morgan fingerprint density at radius 1 is 1.13 bits per heavy atom. The maximum Gasteiger partial charge on any atom is 0.123 e. The van der Waals surface area contributed by atoms with Crippen molar-refractivity contribution in [3.8, 4) is 17.3 Å². The van der Waals surface area contributed by atoms with E-state index in [4.69, 9.17) is 5.26 Å². The summed E-state index contributed by atoms with van der Waals surface area (Å²) in [6.07, 6.45) is 7.30. The van der Waals surface area contributed by atoms with Gasteiger partial charge < -0.3 is 4.57 Å². The molecular formula is C19H14FN3. The fourth-order valence-electron chi connectivity index (χ4n) is 2.37. The summed E-state index contributed by atoms with van der Waals surface area (Å²) in [5.41, 5.74) is 4.28. The molecule has 2 heterocycles. The molecule has 0 spiro atoms. The molecule has 1 aromatic carbocycles. The lowest BCUT2D eigenvalue weighted by Crippen LogP contribution is -1.90. The van der Waals surface area contributed by atoms with Crippen LogP contribution < -0.4 is 0 Å². The van der Waals surface area contributed by atoms with E-state index in [-0.39, 0.29) is 5.82 Å². The number of hydrogen-bond donors (Lipinski definition) is 0. The highest BCUT2D eigenvalue weighted by atomic mass is 19.1. The van der Waals surface area contributed by atoms with E-state index in [1.165, 1.54) is 12.1 Å². The minimum atomic E-state index is -0.251. The zero-order chi connectivity index (χ0) is 16.2. The third-order valence-corrected chi connectivity index (χ3v) is 3.53. The van der Waals surface area contributed by atoms with E-state index in [0.717, 1.165) is 22.5 Å². The number of halogens is 1. The molecule has 3 aromatic rings. The molecular weight excluding hydrogens is 289 g/mol. The zero-order valence-electron chi connectivity index (χ0n) is 12.6. The average molecular weight is 303 g/mol. The fourth-order valence-corrected chi connectivity index (χ4v) is 2.37. The fraction of sp³-hybridized carbons (Fsp3) is 0.0526. The van der Waals surface area contributed by atoms with Gasteiger partial charge in [-0.3, -0.25) is 4.98 Å². The van der Waals surface area contributed by atoms with Crippen LogP contribution >= 0.6 is 0 Å². The van der Waals surface area contributed by atoms with Gasteiger partial charge in [0.15, 0.2) is 0 Å². The SMILES string of the molecule is Cn1cc(C#N)cc1-c1ccnc(/C=C/c2ccc(F)cc2)c1.